The van der Waals surface area contributed by atoms with Gasteiger partial charge in [-0.3, -0.25) is 4.79 Å². The van der Waals surface area contributed by atoms with Crippen LogP contribution in [0.2, 0.25) is 0 Å². The Kier molecular flexibility index (Phi) is 8.13. The van der Waals surface area contributed by atoms with Crippen LogP contribution in [0, 0.1) is 0 Å². The van der Waals surface area contributed by atoms with Crippen molar-refractivity contribution in [2.75, 3.05) is 26.7 Å². The Labute approximate surface area is 184 Å². The van der Waals surface area contributed by atoms with Crippen molar-refractivity contribution in [1.82, 2.24) is 4.90 Å². The molecule has 0 saturated heterocycles. The molecule has 0 atom stereocenters. The van der Waals surface area contributed by atoms with Gasteiger partial charge in [0, 0.05) is 11.6 Å². The summed E-state index contributed by atoms with van der Waals surface area (Å²) in [5, 5.41) is 10.4. The van der Waals surface area contributed by atoms with Crippen molar-refractivity contribution < 1.29 is 14.3 Å². The maximum absolute atomic E-state index is 12.5. The minimum Gasteiger partial charge on any atom is -0.504 e. The van der Waals surface area contributed by atoms with Crippen molar-refractivity contribution in [3.8, 4) is 22.8 Å². The number of unbranched alkanes of at least 4 members (excludes halogenated alkanes) is 1. The third kappa shape index (κ3) is 5.67. The number of fused-ring (bicyclic) bond motifs is 1. The van der Waals surface area contributed by atoms with E-state index in [4.69, 9.17) is 9.15 Å². The Morgan fingerprint density at radius 2 is 1.68 bits per heavy atom. The van der Waals surface area contributed by atoms with Crippen molar-refractivity contribution in [2.24, 2.45) is 0 Å². The Hall–Kier alpha value is -2.79. The lowest BCUT2D eigenvalue weighted by atomic mass is 10.0. The SMILES string of the molecule is CCCN(CCC)CCCCc1ccc(-c2cc(=O)c3ccc(O)c(OC)c3o2)cc1. The van der Waals surface area contributed by atoms with E-state index in [9.17, 15) is 9.90 Å². The maximum atomic E-state index is 12.5. The number of hydrogen-bond acceptors (Lipinski definition) is 5. The standard InChI is InChI=1S/C26H33NO4/c1-4-15-27(16-5-2)17-7-6-8-19-9-11-20(12-10-19)24-18-23(29)21-13-14-22(28)26(30-3)25(21)31-24/h9-14,18,28H,4-8,15-17H2,1-3H3. The highest BCUT2D eigenvalue weighted by Gasteiger charge is 2.14. The third-order valence-corrected chi connectivity index (χ3v) is 5.54. The number of aryl methyl sites for hydroxylation is 1. The lowest BCUT2D eigenvalue weighted by Gasteiger charge is -2.20. The fraction of sp³-hybridized carbons (Fsp3) is 0.423. The van der Waals surface area contributed by atoms with Gasteiger partial charge in [0.2, 0.25) is 5.75 Å². The first-order valence-electron chi connectivity index (χ1n) is 11.2. The molecule has 1 heterocycles. The molecule has 5 nitrogen and oxygen atoms in total. The van der Waals surface area contributed by atoms with Crippen LogP contribution in [0.5, 0.6) is 11.5 Å². The van der Waals surface area contributed by atoms with Crippen molar-refractivity contribution in [2.45, 2.75) is 46.0 Å². The summed E-state index contributed by atoms with van der Waals surface area (Å²) in [6.07, 6.45) is 5.81. The molecule has 0 aliphatic carbocycles. The minimum absolute atomic E-state index is 0.0536. The second-order valence-electron chi connectivity index (χ2n) is 7.97. The van der Waals surface area contributed by atoms with E-state index in [-0.39, 0.29) is 22.5 Å². The minimum atomic E-state index is -0.165. The number of nitrogens with zero attached hydrogens (tertiary/aromatic N) is 1. The van der Waals surface area contributed by atoms with Gasteiger partial charge < -0.3 is 19.2 Å². The smallest absolute Gasteiger partial charge is 0.204 e. The number of phenolic OH excluding ortho intramolecular Hbond substituents is 1. The van der Waals surface area contributed by atoms with Gasteiger partial charge in [0.05, 0.1) is 12.5 Å². The number of aromatic hydroxyl groups is 1. The van der Waals surface area contributed by atoms with Crippen molar-refractivity contribution >= 4 is 11.0 Å². The normalized spacial score (nSPS) is 11.4. The fourth-order valence-electron chi connectivity index (χ4n) is 3.99. The molecular weight excluding hydrogens is 390 g/mol. The van der Waals surface area contributed by atoms with Crippen LogP contribution in [0.4, 0.5) is 0 Å². The highest BCUT2D eigenvalue weighted by Crippen LogP contribution is 2.35. The van der Waals surface area contributed by atoms with Crippen LogP contribution in [0.15, 0.2) is 51.7 Å². The number of ether oxygens (including phenoxy) is 1. The second-order valence-corrected chi connectivity index (χ2v) is 7.97. The topological polar surface area (TPSA) is 62.9 Å². The molecule has 0 aliphatic heterocycles. The first-order chi connectivity index (χ1) is 15.1. The monoisotopic (exact) mass is 423 g/mol. The fourth-order valence-corrected chi connectivity index (χ4v) is 3.99. The summed E-state index contributed by atoms with van der Waals surface area (Å²) in [7, 11) is 1.44. The lowest BCUT2D eigenvalue weighted by Crippen LogP contribution is -2.26. The molecule has 0 bridgehead atoms. The number of rotatable bonds is 11. The Bertz CT molecular complexity index is 1030. The van der Waals surface area contributed by atoms with Gasteiger partial charge in [-0.25, -0.2) is 0 Å². The molecule has 3 rings (SSSR count). The van der Waals surface area contributed by atoms with E-state index in [2.05, 4.69) is 30.9 Å². The van der Waals surface area contributed by atoms with Gasteiger partial charge >= 0.3 is 0 Å². The first kappa shape index (κ1) is 22.9. The quantitative estimate of drug-likeness (QED) is 0.406. The molecule has 0 aliphatic rings. The molecule has 5 heteroatoms. The van der Waals surface area contributed by atoms with Crippen LogP contribution >= 0.6 is 0 Å². The molecule has 1 aromatic heterocycles. The van der Waals surface area contributed by atoms with Crippen LogP contribution in [-0.4, -0.2) is 36.8 Å². The summed E-state index contributed by atoms with van der Waals surface area (Å²) >= 11 is 0. The number of benzene rings is 2. The summed E-state index contributed by atoms with van der Waals surface area (Å²) in [5.41, 5.74) is 2.20. The molecule has 0 fully saturated rings. The van der Waals surface area contributed by atoms with Gasteiger partial charge in [0.25, 0.3) is 0 Å². The molecule has 1 N–H and O–H groups in total. The van der Waals surface area contributed by atoms with Crippen LogP contribution < -0.4 is 10.2 Å². The summed E-state index contributed by atoms with van der Waals surface area (Å²) < 4.78 is 11.2. The van der Waals surface area contributed by atoms with E-state index in [0.717, 1.165) is 24.9 Å². The van der Waals surface area contributed by atoms with E-state index in [1.54, 1.807) is 6.07 Å². The van der Waals surface area contributed by atoms with Crippen molar-refractivity contribution in [3.63, 3.8) is 0 Å². The molecule has 166 valence electrons. The predicted octanol–water partition coefficient (Wildman–Crippen LogP) is 5.62. The molecule has 0 amide bonds. The van der Waals surface area contributed by atoms with Crippen LogP contribution in [0.25, 0.3) is 22.3 Å². The van der Waals surface area contributed by atoms with Crippen LogP contribution in [-0.2, 0) is 6.42 Å². The highest BCUT2D eigenvalue weighted by molar-refractivity contribution is 5.86. The molecule has 0 saturated carbocycles. The number of methoxy groups -OCH3 is 1. The lowest BCUT2D eigenvalue weighted by molar-refractivity contribution is 0.269. The summed E-state index contributed by atoms with van der Waals surface area (Å²) in [6, 6.07) is 12.6. The molecule has 2 aromatic carbocycles. The van der Waals surface area contributed by atoms with Gasteiger partial charge in [-0.15, -0.1) is 0 Å². The number of hydrogen-bond donors (Lipinski definition) is 1. The molecule has 31 heavy (non-hydrogen) atoms. The van der Waals surface area contributed by atoms with Gasteiger partial charge in [-0.1, -0.05) is 38.1 Å². The van der Waals surface area contributed by atoms with E-state index >= 15 is 0 Å². The summed E-state index contributed by atoms with van der Waals surface area (Å²) in [4.78, 5) is 15.1. The Morgan fingerprint density at radius 1 is 0.968 bits per heavy atom. The van der Waals surface area contributed by atoms with Crippen LogP contribution in [0.1, 0.15) is 45.1 Å². The largest absolute Gasteiger partial charge is 0.504 e. The number of phenols is 1. The van der Waals surface area contributed by atoms with E-state index in [0.29, 0.717) is 11.1 Å². The molecule has 3 aromatic rings. The van der Waals surface area contributed by atoms with Crippen molar-refractivity contribution in [3.05, 3.63) is 58.3 Å². The first-order valence-corrected chi connectivity index (χ1v) is 11.2. The molecular formula is C26H33NO4. The van der Waals surface area contributed by atoms with Crippen molar-refractivity contribution in [1.29, 1.82) is 0 Å². The van der Waals surface area contributed by atoms with E-state index in [1.165, 1.54) is 57.2 Å². The van der Waals surface area contributed by atoms with Gasteiger partial charge in [-0.2, -0.15) is 0 Å². The second kappa shape index (κ2) is 11.0. The van der Waals surface area contributed by atoms with Crippen LogP contribution in [0.3, 0.4) is 0 Å². The molecule has 0 unspecified atom stereocenters. The Morgan fingerprint density at radius 3 is 2.32 bits per heavy atom. The average molecular weight is 424 g/mol. The van der Waals surface area contributed by atoms with Gasteiger partial charge in [0.15, 0.2) is 16.8 Å². The zero-order chi connectivity index (χ0) is 22.2. The molecule has 0 spiro atoms. The predicted molar refractivity (Wildman–Crippen MR) is 126 cm³/mol. The third-order valence-electron chi connectivity index (χ3n) is 5.54. The maximum Gasteiger partial charge on any atom is 0.204 e. The zero-order valence-electron chi connectivity index (χ0n) is 18.8. The highest BCUT2D eigenvalue weighted by atomic mass is 16.5. The van der Waals surface area contributed by atoms with E-state index in [1.807, 2.05) is 12.1 Å². The zero-order valence-corrected chi connectivity index (χ0v) is 18.8. The summed E-state index contributed by atoms with van der Waals surface area (Å²) in [6.45, 7) is 8.00. The molecule has 0 radical (unpaired) electrons. The van der Waals surface area contributed by atoms with E-state index < -0.39 is 0 Å². The average Bonchev–Trinajstić information content (AvgIpc) is 2.77. The Balaban J connectivity index is 1.69. The van der Waals surface area contributed by atoms with Gasteiger partial charge in [-0.05, 0) is 69.4 Å². The van der Waals surface area contributed by atoms with Gasteiger partial charge in [0.1, 0.15) is 5.76 Å². The summed E-state index contributed by atoms with van der Waals surface area (Å²) in [5.74, 6) is 0.582.